The van der Waals surface area contributed by atoms with Crippen molar-refractivity contribution in [2.45, 2.75) is 18.9 Å². The number of piperidine rings is 1. The number of nitrogens with one attached hydrogen (secondary N) is 1. The van der Waals surface area contributed by atoms with Crippen LogP contribution in [0, 0.1) is 0 Å². The third-order valence-electron chi connectivity index (χ3n) is 4.11. The molecule has 0 bridgehead atoms. The van der Waals surface area contributed by atoms with Crippen LogP contribution in [-0.4, -0.2) is 43.4 Å². The number of nitrogens with zero attached hydrogens (tertiary/aromatic N) is 1. The highest BCUT2D eigenvalue weighted by Gasteiger charge is 2.21. The van der Waals surface area contributed by atoms with E-state index in [0.717, 1.165) is 36.9 Å². The van der Waals surface area contributed by atoms with E-state index < -0.39 is 0 Å². The normalized spacial score (nSPS) is 16.9. The fraction of sp³-hybridized carbons (Fsp3) is 0.438. The number of hydrogen-bond acceptors (Lipinski definition) is 4. The van der Waals surface area contributed by atoms with Crippen molar-refractivity contribution in [3.63, 3.8) is 0 Å². The van der Waals surface area contributed by atoms with Gasteiger partial charge in [0.2, 0.25) is 0 Å². The number of rotatable bonds is 4. The molecular formula is C16H20N2O2. The number of likely N-dealkylation sites (N-methyl/N-ethyl adjacent to an activating group) is 1. The highest BCUT2D eigenvalue weighted by molar-refractivity contribution is 6.08. The molecule has 0 unspecified atom stereocenters. The smallest absolute Gasteiger partial charge is 0.180 e. The molecule has 106 valence electrons. The summed E-state index contributed by atoms with van der Waals surface area (Å²) in [6, 6.07) is 8.18. The van der Waals surface area contributed by atoms with Gasteiger partial charge in [-0.1, -0.05) is 18.2 Å². The molecule has 1 aromatic carbocycles. The first-order chi connectivity index (χ1) is 9.75. The Hall–Kier alpha value is -1.65. The van der Waals surface area contributed by atoms with Gasteiger partial charge < -0.3 is 9.73 Å². The summed E-state index contributed by atoms with van der Waals surface area (Å²) in [5.41, 5.74) is 1.47. The van der Waals surface area contributed by atoms with E-state index in [4.69, 9.17) is 4.42 Å². The molecule has 1 aliphatic rings. The highest BCUT2D eigenvalue weighted by Crippen LogP contribution is 2.21. The molecule has 20 heavy (non-hydrogen) atoms. The Kier molecular flexibility index (Phi) is 3.85. The van der Waals surface area contributed by atoms with Crippen LogP contribution >= 0.6 is 0 Å². The van der Waals surface area contributed by atoms with Crippen molar-refractivity contribution in [1.29, 1.82) is 0 Å². The lowest BCUT2D eigenvalue weighted by Crippen LogP contribution is -2.43. The number of para-hydroxylation sites is 1. The number of benzene rings is 1. The average Bonchev–Trinajstić information content (AvgIpc) is 2.92. The molecule has 0 spiro atoms. The summed E-state index contributed by atoms with van der Waals surface area (Å²) >= 11 is 0. The topological polar surface area (TPSA) is 45.5 Å². The van der Waals surface area contributed by atoms with E-state index in [9.17, 15) is 4.79 Å². The number of furan rings is 1. The van der Waals surface area contributed by atoms with Gasteiger partial charge in [-0.3, -0.25) is 9.69 Å². The van der Waals surface area contributed by atoms with Crippen LogP contribution < -0.4 is 5.32 Å². The minimum absolute atomic E-state index is 0.135. The molecular weight excluding hydrogens is 252 g/mol. The number of carbonyl (C=O) groups is 1. The number of fused-ring (bicyclic) bond motifs is 1. The molecule has 3 rings (SSSR count). The molecule has 0 aliphatic carbocycles. The van der Waals surface area contributed by atoms with E-state index in [1.165, 1.54) is 0 Å². The molecule has 4 heteroatoms. The standard InChI is InChI=1S/C16H20N2O2/c1-18(12-6-8-17-9-7-12)10-15(19)14-11-20-16-5-3-2-4-13(14)16/h2-5,11-12,17H,6-10H2,1H3. The van der Waals surface area contributed by atoms with Gasteiger partial charge in [0.1, 0.15) is 11.8 Å². The summed E-state index contributed by atoms with van der Waals surface area (Å²) in [4.78, 5) is 14.6. The van der Waals surface area contributed by atoms with Gasteiger partial charge in [0.05, 0.1) is 12.1 Å². The van der Waals surface area contributed by atoms with Crippen molar-refractivity contribution in [3.8, 4) is 0 Å². The van der Waals surface area contributed by atoms with Crippen molar-refractivity contribution >= 4 is 16.8 Å². The largest absolute Gasteiger partial charge is 0.464 e. The first kappa shape index (κ1) is 13.3. The molecule has 1 fully saturated rings. The van der Waals surface area contributed by atoms with Crippen LogP contribution in [0.25, 0.3) is 11.0 Å². The molecule has 1 aromatic heterocycles. The predicted octanol–water partition coefficient (Wildman–Crippen LogP) is 2.30. The molecule has 2 aromatic rings. The molecule has 1 saturated heterocycles. The van der Waals surface area contributed by atoms with Crippen LogP contribution in [0.15, 0.2) is 34.9 Å². The van der Waals surface area contributed by atoms with E-state index in [0.29, 0.717) is 18.2 Å². The fourth-order valence-corrected chi connectivity index (χ4v) is 2.88. The van der Waals surface area contributed by atoms with E-state index in [1.807, 2.05) is 31.3 Å². The van der Waals surface area contributed by atoms with Gasteiger partial charge in [-0.15, -0.1) is 0 Å². The number of ketones is 1. The zero-order chi connectivity index (χ0) is 13.9. The van der Waals surface area contributed by atoms with Crippen LogP contribution in [0.1, 0.15) is 23.2 Å². The van der Waals surface area contributed by atoms with Gasteiger partial charge in [-0.2, -0.15) is 0 Å². The Balaban J connectivity index is 1.72. The van der Waals surface area contributed by atoms with Crippen molar-refractivity contribution in [2.75, 3.05) is 26.7 Å². The molecule has 1 N–H and O–H groups in total. The van der Waals surface area contributed by atoms with Crippen LogP contribution in [0.3, 0.4) is 0 Å². The predicted molar refractivity (Wildman–Crippen MR) is 79.1 cm³/mol. The van der Waals surface area contributed by atoms with Gasteiger partial charge >= 0.3 is 0 Å². The van der Waals surface area contributed by atoms with Crippen molar-refractivity contribution in [1.82, 2.24) is 10.2 Å². The Morgan fingerprint density at radius 1 is 1.35 bits per heavy atom. The van der Waals surface area contributed by atoms with Crippen LogP contribution in [-0.2, 0) is 0 Å². The van der Waals surface area contributed by atoms with Crippen molar-refractivity contribution < 1.29 is 9.21 Å². The van der Waals surface area contributed by atoms with Crippen molar-refractivity contribution in [2.24, 2.45) is 0 Å². The molecule has 0 atom stereocenters. The fourth-order valence-electron chi connectivity index (χ4n) is 2.88. The maximum atomic E-state index is 12.5. The number of Topliss-reactive ketones (excluding diaryl/α,β-unsaturated/α-hetero) is 1. The second-order valence-electron chi connectivity index (χ2n) is 5.47. The first-order valence-electron chi connectivity index (χ1n) is 7.16. The highest BCUT2D eigenvalue weighted by atomic mass is 16.3. The molecule has 0 amide bonds. The number of carbonyl (C=O) groups excluding carboxylic acids is 1. The van der Waals surface area contributed by atoms with E-state index in [-0.39, 0.29) is 5.78 Å². The second-order valence-corrected chi connectivity index (χ2v) is 5.47. The SMILES string of the molecule is CN(CC(=O)c1coc2ccccc12)C1CCNCC1. The molecule has 2 heterocycles. The van der Waals surface area contributed by atoms with Gasteiger partial charge in [-0.25, -0.2) is 0 Å². The molecule has 1 aliphatic heterocycles. The maximum Gasteiger partial charge on any atom is 0.180 e. The first-order valence-corrected chi connectivity index (χ1v) is 7.16. The second kappa shape index (κ2) is 5.77. The van der Waals surface area contributed by atoms with Gasteiger partial charge in [0.25, 0.3) is 0 Å². The summed E-state index contributed by atoms with van der Waals surface area (Å²) in [6.07, 6.45) is 3.80. The maximum absolute atomic E-state index is 12.5. The molecule has 0 radical (unpaired) electrons. The Bertz CT molecular complexity index is 599. The Morgan fingerprint density at radius 2 is 2.10 bits per heavy atom. The lowest BCUT2D eigenvalue weighted by Gasteiger charge is -2.30. The Labute approximate surface area is 118 Å². The Morgan fingerprint density at radius 3 is 2.90 bits per heavy atom. The lowest BCUT2D eigenvalue weighted by molar-refractivity contribution is 0.0904. The zero-order valence-electron chi connectivity index (χ0n) is 11.8. The van der Waals surface area contributed by atoms with E-state index in [2.05, 4.69) is 10.2 Å². The number of hydrogen-bond donors (Lipinski definition) is 1. The van der Waals surface area contributed by atoms with Crippen molar-refractivity contribution in [3.05, 3.63) is 36.1 Å². The van der Waals surface area contributed by atoms with E-state index in [1.54, 1.807) is 6.26 Å². The summed E-state index contributed by atoms with van der Waals surface area (Å²) in [5, 5.41) is 4.26. The third-order valence-corrected chi connectivity index (χ3v) is 4.11. The molecule has 4 nitrogen and oxygen atoms in total. The van der Waals surface area contributed by atoms with E-state index >= 15 is 0 Å². The van der Waals surface area contributed by atoms with Gasteiger partial charge in [0, 0.05) is 11.4 Å². The summed E-state index contributed by atoms with van der Waals surface area (Å²) < 4.78 is 5.45. The average molecular weight is 272 g/mol. The monoisotopic (exact) mass is 272 g/mol. The zero-order valence-corrected chi connectivity index (χ0v) is 11.8. The lowest BCUT2D eigenvalue weighted by atomic mass is 10.0. The van der Waals surface area contributed by atoms with Crippen LogP contribution in [0.5, 0.6) is 0 Å². The third kappa shape index (κ3) is 2.62. The molecule has 0 saturated carbocycles. The van der Waals surface area contributed by atoms with Crippen LogP contribution in [0.2, 0.25) is 0 Å². The summed E-state index contributed by atoms with van der Waals surface area (Å²) in [5.74, 6) is 0.135. The van der Waals surface area contributed by atoms with Gasteiger partial charge in [0.15, 0.2) is 5.78 Å². The summed E-state index contributed by atoms with van der Waals surface area (Å²) in [6.45, 7) is 2.53. The minimum Gasteiger partial charge on any atom is -0.464 e. The summed E-state index contributed by atoms with van der Waals surface area (Å²) in [7, 11) is 2.04. The van der Waals surface area contributed by atoms with Crippen LogP contribution in [0.4, 0.5) is 0 Å². The quantitative estimate of drug-likeness (QED) is 0.868. The minimum atomic E-state index is 0.135. The van der Waals surface area contributed by atoms with Gasteiger partial charge in [-0.05, 0) is 39.0 Å².